The van der Waals surface area contributed by atoms with Gasteiger partial charge in [0.25, 0.3) is 0 Å². The van der Waals surface area contributed by atoms with E-state index in [0.29, 0.717) is 12.0 Å². The molecule has 3 heteroatoms. The molecular formula is C10H17N3. The summed E-state index contributed by atoms with van der Waals surface area (Å²) in [5.41, 5.74) is 7.55. The van der Waals surface area contributed by atoms with Crippen molar-refractivity contribution in [2.75, 3.05) is 0 Å². The maximum Gasteiger partial charge on any atom is 0.0525 e. The molecule has 3 nitrogen and oxygen atoms in total. The standard InChI is InChI=1S/C10H17N3/c1-4-13-6-7(5-12-13)8-9(11)10(8,2)3/h5-6,8-9H,4,11H2,1-3H3/t8-,9-/m1/s1. The normalized spacial score (nSPS) is 30.5. The zero-order valence-electron chi connectivity index (χ0n) is 8.49. The molecule has 0 bridgehead atoms. The van der Waals surface area contributed by atoms with E-state index in [1.807, 2.05) is 10.9 Å². The second-order valence-corrected chi connectivity index (χ2v) is 4.45. The number of rotatable bonds is 2. The van der Waals surface area contributed by atoms with E-state index in [9.17, 15) is 0 Å². The van der Waals surface area contributed by atoms with E-state index < -0.39 is 0 Å². The van der Waals surface area contributed by atoms with Crippen LogP contribution < -0.4 is 5.73 Å². The highest BCUT2D eigenvalue weighted by atomic mass is 15.3. The highest BCUT2D eigenvalue weighted by Crippen LogP contribution is 2.57. The first-order chi connectivity index (χ1) is 6.07. The van der Waals surface area contributed by atoms with Crippen molar-refractivity contribution in [3.05, 3.63) is 18.0 Å². The molecule has 0 unspecified atom stereocenters. The van der Waals surface area contributed by atoms with E-state index in [1.54, 1.807) is 0 Å². The average molecular weight is 179 g/mol. The molecule has 0 aromatic carbocycles. The van der Waals surface area contributed by atoms with Gasteiger partial charge in [-0.3, -0.25) is 4.68 Å². The Bertz CT molecular complexity index is 314. The molecule has 0 spiro atoms. The third-order valence-electron chi connectivity index (χ3n) is 3.25. The lowest BCUT2D eigenvalue weighted by atomic mass is 10.1. The van der Waals surface area contributed by atoms with Crippen molar-refractivity contribution in [2.24, 2.45) is 11.1 Å². The van der Waals surface area contributed by atoms with Gasteiger partial charge in [0.1, 0.15) is 0 Å². The fraction of sp³-hybridized carbons (Fsp3) is 0.700. The highest BCUT2D eigenvalue weighted by Gasteiger charge is 2.56. The summed E-state index contributed by atoms with van der Waals surface area (Å²) in [7, 11) is 0. The number of aryl methyl sites for hydroxylation is 1. The molecule has 1 aromatic rings. The summed E-state index contributed by atoms with van der Waals surface area (Å²) in [6.07, 6.45) is 4.06. The predicted octanol–water partition coefficient (Wildman–Crippen LogP) is 1.35. The van der Waals surface area contributed by atoms with Gasteiger partial charge in [0.15, 0.2) is 0 Å². The number of aromatic nitrogens is 2. The molecule has 0 aliphatic heterocycles. The van der Waals surface area contributed by atoms with Crippen molar-refractivity contribution >= 4 is 0 Å². The summed E-state index contributed by atoms with van der Waals surface area (Å²) in [5, 5.41) is 4.26. The van der Waals surface area contributed by atoms with Gasteiger partial charge in [0.05, 0.1) is 6.20 Å². The molecule has 2 atom stereocenters. The summed E-state index contributed by atoms with van der Waals surface area (Å²) in [5.74, 6) is 0.507. The summed E-state index contributed by atoms with van der Waals surface area (Å²) < 4.78 is 1.95. The number of hydrogen-bond donors (Lipinski definition) is 1. The van der Waals surface area contributed by atoms with Crippen molar-refractivity contribution in [3.8, 4) is 0 Å². The first-order valence-corrected chi connectivity index (χ1v) is 4.85. The van der Waals surface area contributed by atoms with E-state index >= 15 is 0 Å². The van der Waals surface area contributed by atoms with Gasteiger partial charge in [-0.2, -0.15) is 5.10 Å². The second kappa shape index (κ2) is 2.58. The Morgan fingerprint density at radius 2 is 2.23 bits per heavy atom. The van der Waals surface area contributed by atoms with Crippen molar-refractivity contribution < 1.29 is 0 Å². The SMILES string of the molecule is CCn1cc([C@@H]2[C@@H](N)C2(C)C)cn1. The van der Waals surface area contributed by atoms with E-state index in [0.717, 1.165) is 6.54 Å². The molecule has 2 rings (SSSR count). The zero-order chi connectivity index (χ0) is 9.64. The third kappa shape index (κ3) is 1.18. The van der Waals surface area contributed by atoms with Gasteiger partial charge in [-0.05, 0) is 17.9 Å². The Morgan fingerprint density at radius 1 is 1.62 bits per heavy atom. The first-order valence-electron chi connectivity index (χ1n) is 4.85. The van der Waals surface area contributed by atoms with Crippen molar-refractivity contribution in [2.45, 2.75) is 39.3 Å². The molecule has 0 radical (unpaired) electrons. The molecule has 1 aromatic heterocycles. The minimum atomic E-state index is 0.265. The van der Waals surface area contributed by atoms with Crippen LogP contribution in [0.15, 0.2) is 12.4 Å². The molecule has 72 valence electrons. The monoisotopic (exact) mass is 179 g/mol. The summed E-state index contributed by atoms with van der Waals surface area (Å²) in [6, 6.07) is 0.307. The number of hydrogen-bond acceptors (Lipinski definition) is 2. The van der Waals surface area contributed by atoms with Gasteiger partial charge < -0.3 is 5.73 Å². The van der Waals surface area contributed by atoms with Crippen molar-refractivity contribution in [3.63, 3.8) is 0 Å². The Hall–Kier alpha value is -0.830. The first kappa shape index (κ1) is 8.75. The molecule has 1 aliphatic rings. The van der Waals surface area contributed by atoms with Crippen LogP contribution in [0.1, 0.15) is 32.3 Å². The molecule has 0 amide bonds. The van der Waals surface area contributed by atoms with Crippen molar-refractivity contribution in [1.82, 2.24) is 9.78 Å². The van der Waals surface area contributed by atoms with Crippen LogP contribution in [0, 0.1) is 5.41 Å². The Balaban J connectivity index is 2.19. The van der Waals surface area contributed by atoms with Gasteiger partial charge >= 0.3 is 0 Å². The molecule has 13 heavy (non-hydrogen) atoms. The smallest absolute Gasteiger partial charge is 0.0525 e. The summed E-state index contributed by atoms with van der Waals surface area (Å²) >= 11 is 0. The van der Waals surface area contributed by atoms with E-state index in [2.05, 4.69) is 32.1 Å². The molecular weight excluding hydrogens is 162 g/mol. The Morgan fingerprint density at radius 3 is 2.62 bits per heavy atom. The van der Waals surface area contributed by atoms with Crippen LogP contribution in [-0.2, 0) is 6.54 Å². The van der Waals surface area contributed by atoms with Crippen LogP contribution >= 0.6 is 0 Å². The maximum absolute atomic E-state index is 5.99. The Labute approximate surface area is 78.9 Å². The van der Waals surface area contributed by atoms with Crippen LogP contribution in [0.5, 0.6) is 0 Å². The summed E-state index contributed by atoms with van der Waals surface area (Å²) in [4.78, 5) is 0. The van der Waals surface area contributed by atoms with E-state index in [-0.39, 0.29) is 5.41 Å². The van der Waals surface area contributed by atoms with Crippen LogP contribution in [0.2, 0.25) is 0 Å². The molecule has 0 saturated heterocycles. The van der Waals surface area contributed by atoms with E-state index in [1.165, 1.54) is 5.56 Å². The van der Waals surface area contributed by atoms with Gasteiger partial charge in [-0.25, -0.2) is 0 Å². The van der Waals surface area contributed by atoms with Crippen LogP contribution in [0.4, 0.5) is 0 Å². The van der Waals surface area contributed by atoms with Crippen LogP contribution in [-0.4, -0.2) is 15.8 Å². The predicted molar refractivity (Wildman–Crippen MR) is 52.4 cm³/mol. The largest absolute Gasteiger partial charge is 0.327 e. The lowest BCUT2D eigenvalue weighted by Crippen LogP contribution is -2.06. The second-order valence-electron chi connectivity index (χ2n) is 4.45. The number of nitrogens with two attached hydrogens (primary N) is 1. The maximum atomic E-state index is 5.99. The lowest BCUT2D eigenvalue weighted by molar-refractivity contribution is 0.598. The topological polar surface area (TPSA) is 43.8 Å². The molecule has 2 N–H and O–H groups in total. The van der Waals surface area contributed by atoms with Crippen LogP contribution in [0.3, 0.4) is 0 Å². The molecule has 1 saturated carbocycles. The summed E-state index contributed by atoms with van der Waals surface area (Å²) in [6.45, 7) is 7.45. The molecule has 1 aliphatic carbocycles. The number of nitrogens with zero attached hydrogens (tertiary/aromatic N) is 2. The van der Waals surface area contributed by atoms with Gasteiger partial charge in [0.2, 0.25) is 0 Å². The third-order valence-corrected chi connectivity index (χ3v) is 3.25. The lowest BCUT2D eigenvalue weighted by Gasteiger charge is -1.97. The minimum absolute atomic E-state index is 0.265. The fourth-order valence-electron chi connectivity index (χ4n) is 2.03. The average Bonchev–Trinajstić information content (AvgIpc) is 2.55. The molecule has 1 fully saturated rings. The quantitative estimate of drug-likeness (QED) is 0.744. The fourth-order valence-corrected chi connectivity index (χ4v) is 2.03. The highest BCUT2D eigenvalue weighted by molar-refractivity contribution is 5.30. The van der Waals surface area contributed by atoms with E-state index in [4.69, 9.17) is 5.73 Å². The Kier molecular flexibility index (Phi) is 1.74. The van der Waals surface area contributed by atoms with Gasteiger partial charge in [0, 0.05) is 24.7 Å². The zero-order valence-corrected chi connectivity index (χ0v) is 8.49. The van der Waals surface area contributed by atoms with Gasteiger partial charge in [-0.1, -0.05) is 13.8 Å². The van der Waals surface area contributed by atoms with Gasteiger partial charge in [-0.15, -0.1) is 0 Å². The van der Waals surface area contributed by atoms with Crippen molar-refractivity contribution in [1.29, 1.82) is 0 Å². The minimum Gasteiger partial charge on any atom is -0.327 e. The molecule has 1 heterocycles. The van der Waals surface area contributed by atoms with Crippen LogP contribution in [0.25, 0.3) is 0 Å².